The third kappa shape index (κ3) is 2.80. The summed E-state index contributed by atoms with van der Waals surface area (Å²) in [5.41, 5.74) is 2.13. The first-order valence-corrected chi connectivity index (χ1v) is 10.2. The van der Waals surface area contributed by atoms with Crippen LogP contribution in [0.15, 0.2) is 18.2 Å². The number of hydrogen-bond acceptors (Lipinski definition) is 5. The summed E-state index contributed by atoms with van der Waals surface area (Å²) in [5, 5.41) is 6.13. The van der Waals surface area contributed by atoms with Crippen LogP contribution in [-0.2, 0) is 21.1 Å². The molecule has 2 N–H and O–H groups in total. The highest BCUT2D eigenvalue weighted by molar-refractivity contribution is 7.92. The molecule has 0 spiro atoms. The highest BCUT2D eigenvalue weighted by Gasteiger charge is 2.49. The number of fused-ring (bicyclic) bond motifs is 1. The van der Waals surface area contributed by atoms with Crippen LogP contribution in [0.1, 0.15) is 36.4 Å². The summed E-state index contributed by atoms with van der Waals surface area (Å²) in [7, 11) is -1.86. The van der Waals surface area contributed by atoms with E-state index in [1.165, 1.54) is 6.26 Å². The highest BCUT2D eigenvalue weighted by atomic mass is 32.2. The van der Waals surface area contributed by atoms with Crippen LogP contribution in [0, 0.1) is 0 Å². The first-order valence-electron chi connectivity index (χ1n) is 8.26. The molecule has 132 valence electrons. The number of benzene rings is 1. The molecule has 24 heavy (non-hydrogen) atoms. The lowest BCUT2D eigenvalue weighted by atomic mass is 9.95. The third-order valence-corrected chi connectivity index (χ3v) is 7.30. The second-order valence-electron chi connectivity index (χ2n) is 6.61. The molecule has 1 heterocycles. The largest absolute Gasteiger partial charge is 0.496 e. The molecule has 1 fully saturated rings. The second-order valence-corrected chi connectivity index (χ2v) is 8.94. The fourth-order valence-corrected chi connectivity index (χ4v) is 5.19. The first-order chi connectivity index (χ1) is 11.4. The molecule has 2 aliphatic rings. The van der Waals surface area contributed by atoms with Crippen molar-refractivity contribution in [2.24, 2.45) is 0 Å². The van der Waals surface area contributed by atoms with Crippen LogP contribution in [0.2, 0.25) is 0 Å². The number of amides is 1. The topological polar surface area (TPSA) is 84.5 Å². The molecule has 0 saturated carbocycles. The van der Waals surface area contributed by atoms with Gasteiger partial charge in [-0.15, -0.1) is 0 Å². The van der Waals surface area contributed by atoms with Gasteiger partial charge in [-0.05, 0) is 56.0 Å². The normalized spacial score (nSPS) is 22.7. The molecule has 6 nitrogen and oxygen atoms in total. The summed E-state index contributed by atoms with van der Waals surface area (Å²) < 4.78 is 28.8. The Balaban J connectivity index is 1.86. The van der Waals surface area contributed by atoms with Crippen LogP contribution in [0.25, 0.3) is 0 Å². The van der Waals surface area contributed by atoms with Crippen LogP contribution >= 0.6 is 0 Å². The molecular formula is C17H24N2O4S. The predicted octanol–water partition coefficient (Wildman–Crippen LogP) is 0.965. The number of piperidine rings is 1. The number of rotatable bonds is 4. The minimum atomic E-state index is -3.50. The van der Waals surface area contributed by atoms with Crippen molar-refractivity contribution in [2.45, 2.75) is 36.5 Å². The van der Waals surface area contributed by atoms with Gasteiger partial charge in [-0.2, -0.15) is 0 Å². The van der Waals surface area contributed by atoms with Crippen molar-refractivity contribution in [2.75, 3.05) is 26.5 Å². The van der Waals surface area contributed by atoms with Gasteiger partial charge in [0.1, 0.15) is 5.75 Å². The second kappa shape index (κ2) is 6.37. The predicted molar refractivity (Wildman–Crippen MR) is 91.9 cm³/mol. The van der Waals surface area contributed by atoms with Crippen molar-refractivity contribution >= 4 is 15.7 Å². The third-order valence-electron chi connectivity index (χ3n) is 5.29. The summed E-state index contributed by atoms with van der Waals surface area (Å²) in [6.07, 6.45) is 3.38. The van der Waals surface area contributed by atoms with Crippen LogP contribution in [0.5, 0.6) is 5.75 Å². The van der Waals surface area contributed by atoms with E-state index in [0.29, 0.717) is 25.9 Å². The molecule has 0 bridgehead atoms. The zero-order valence-electron chi connectivity index (χ0n) is 14.1. The molecule has 1 atom stereocenters. The maximum atomic E-state index is 12.9. The lowest BCUT2D eigenvalue weighted by Gasteiger charge is -2.35. The van der Waals surface area contributed by atoms with Crippen molar-refractivity contribution in [3.63, 3.8) is 0 Å². The van der Waals surface area contributed by atoms with E-state index in [1.807, 2.05) is 18.2 Å². The molecule has 1 aromatic rings. The van der Waals surface area contributed by atoms with Crippen molar-refractivity contribution in [3.05, 3.63) is 29.3 Å². The molecule has 1 aliphatic heterocycles. The molecule has 0 aromatic heterocycles. The van der Waals surface area contributed by atoms with Crippen molar-refractivity contribution in [1.82, 2.24) is 10.6 Å². The molecule has 3 rings (SSSR count). The van der Waals surface area contributed by atoms with Gasteiger partial charge in [0.2, 0.25) is 5.91 Å². The summed E-state index contributed by atoms with van der Waals surface area (Å²) in [5.74, 6) is 0.455. The van der Waals surface area contributed by atoms with E-state index in [1.54, 1.807) is 7.11 Å². The minimum Gasteiger partial charge on any atom is -0.496 e. The SMILES string of the molecule is COc1cccc2c1CCC2NC(=O)C1(S(C)(=O)=O)CCNCC1. The fourth-order valence-electron chi connectivity index (χ4n) is 3.85. The van der Waals surface area contributed by atoms with E-state index in [9.17, 15) is 13.2 Å². The Labute approximate surface area is 142 Å². The van der Waals surface area contributed by atoms with E-state index >= 15 is 0 Å². The van der Waals surface area contributed by atoms with E-state index in [-0.39, 0.29) is 11.9 Å². The Hall–Kier alpha value is -1.60. The minimum absolute atomic E-state index is 0.156. The Morgan fingerprint density at radius 2 is 2.04 bits per heavy atom. The lowest BCUT2D eigenvalue weighted by Crippen LogP contribution is -2.57. The Kier molecular flexibility index (Phi) is 4.57. The van der Waals surface area contributed by atoms with Crippen molar-refractivity contribution in [1.29, 1.82) is 0 Å². The van der Waals surface area contributed by atoms with E-state index in [0.717, 1.165) is 29.7 Å². The van der Waals surface area contributed by atoms with Gasteiger partial charge in [-0.25, -0.2) is 8.42 Å². The quantitative estimate of drug-likeness (QED) is 0.843. The van der Waals surface area contributed by atoms with E-state index < -0.39 is 14.6 Å². The number of methoxy groups -OCH3 is 1. The molecule has 1 amide bonds. The van der Waals surface area contributed by atoms with Gasteiger partial charge < -0.3 is 15.4 Å². The maximum absolute atomic E-state index is 12.9. The molecule has 7 heteroatoms. The van der Waals surface area contributed by atoms with Crippen molar-refractivity contribution in [3.8, 4) is 5.75 Å². The number of hydrogen-bond donors (Lipinski definition) is 2. The van der Waals surface area contributed by atoms with Crippen molar-refractivity contribution < 1.29 is 17.9 Å². The number of ether oxygens (including phenoxy) is 1. The zero-order chi connectivity index (χ0) is 17.4. The van der Waals surface area contributed by atoms with Crippen LogP contribution in [0.4, 0.5) is 0 Å². The number of sulfone groups is 1. The molecular weight excluding hydrogens is 328 g/mol. The maximum Gasteiger partial charge on any atom is 0.242 e. The molecule has 1 aliphatic carbocycles. The molecule has 1 unspecified atom stereocenters. The molecule has 1 aromatic carbocycles. The van der Waals surface area contributed by atoms with Crippen LogP contribution in [-0.4, -0.2) is 45.5 Å². The lowest BCUT2D eigenvalue weighted by molar-refractivity contribution is -0.125. The Morgan fingerprint density at radius 1 is 1.33 bits per heavy atom. The van der Waals surface area contributed by atoms with Gasteiger partial charge in [0.05, 0.1) is 13.2 Å². The smallest absolute Gasteiger partial charge is 0.242 e. The van der Waals surface area contributed by atoms with E-state index in [2.05, 4.69) is 10.6 Å². The average Bonchev–Trinajstić information content (AvgIpc) is 2.97. The van der Waals surface area contributed by atoms with Crippen LogP contribution < -0.4 is 15.4 Å². The average molecular weight is 352 g/mol. The van der Waals surface area contributed by atoms with Gasteiger partial charge in [-0.1, -0.05) is 12.1 Å². The number of carbonyl (C=O) groups is 1. The number of nitrogens with one attached hydrogen (secondary N) is 2. The summed E-state index contributed by atoms with van der Waals surface area (Å²) in [6.45, 7) is 1.07. The van der Waals surface area contributed by atoms with Gasteiger partial charge in [0.15, 0.2) is 14.6 Å². The summed E-state index contributed by atoms with van der Waals surface area (Å²) in [6, 6.07) is 5.63. The Bertz CT molecular complexity index is 739. The standard InChI is InChI=1S/C17H24N2O4S/c1-23-15-5-3-4-12-13(15)6-7-14(12)19-16(20)17(24(2,21)22)8-10-18-11-9-17/h3-5,14,18H,6-11H2,1-2H3,(H,19,20). The van der Waals surface area contributed by atoms with Gasteiger partial charge in [0, 0.05) is 6.26 Å². The first kappa shape index (κ1) is 17.2. The molecule has 0 radical (unpaired) electrons. The summed E-state index contributed by atoms with van der Waals surface area (Å²) in [4.78, 5) is 12.9. The fraction of sp³-hybridized carbons (Fsp3) is 0.588. The number of carbonyl (C=O) groups excluding carboxylic acids is 1. The summed E-state index contributed by atoms with van der Waals surface area (Å²) >= 11 is 0. The van der Waals surface area contributed by atoms with E-state index in [4.69, 9.17) is 4.74 Å². The van der Waals surface area contributed by atoms with Crippen LogP contribution in [0.3, 0.4) is 0 Å². The Morgan fingerprint density at radius 3 is 2.67 bits per heavy atom. The molecule has 1 saturated heterocycles. The monoisotopic (exact) mass is 352 g/mol. The van der Waals surface area contributed by atoms with Gasteiger partial charge >= 0.3 is 0 Å². The van der Waals surface area contributed by atoms with Gasteiger partial charge in [0.25, 0.3) is 0 Å². The zero-order valence-corrected chi connectivity index (χ0v) is 14.9. The van der Waals surface area contributed by atoms with Gasteiger partial charge in [-0.3, -0.25) is 4.79 Å². The highest BCUT2D eigenvalue weighted by Crippen LogP contribution is 2.38.